The number of hydrogen-bond acceptors (Lipinski definition) is 5. The highest BCUT2D eigenvalue weighted by Gasteiger charge is 2.13. The molecule has 1 N–H and O–H groups in total. The lowest BCUT2D eigenvalue weighted by Gasteiger charge is -2.05. The first-order valence-corrected chi connectivity index (χ1v) is 6.19. The van der Waals surface area contributed by atoms with Crippen LogP contribution >= 0.6 is 0 Å². The molecule has 0 aliphatic heterocycles. The predicted molar refractivity (Wildman–Crippen MR) is 73.8 cm³/mol. The fraction of sp³-hybridized carbons (Fsp3) is 0.0625. The molecule has 0 amide bonds. The van der Waals surface area contributed by atoms with E-state index in [1.165, 1.54) is 24.3 Å². The first-order chi connectivity index (χ1) is 10.5. The Morgan fingerprint density at radius 3 is 2.45 bits per heavy atom. The van der Waals surface area contributed by atoms with Crippen molar-refractivity contribution < 1.29 is 23.8 Å². The van der Waals surface area contributed by atoms with Crippen molar-refractivity contribution in [2.75, 3.05) is 6.61 Å². The lowest BCUT2D eigenvalue weighted by Crippen LogP contribution is -2.14. The molecule has 0 heterocycles. The fourth-order valence-electron chi connectivity index (χ4n) is 1.73. The number of carbonyl (C=O) groups is 2. The number of ether oxygens (including phenoxy) is 1. The number of aromatic hydroxyl groups is 1. The lowest BCUT2D eigenvalue weighted by atomic mass is 10.1. The third-order valence-electron chi connectivity index (χ3n) is 2.78. The number of benzene rings is 2. The van der Waals surface area contributed by atoms with Gasteiger partial charge in [0.05, 0.1) is 17.2 Å². The molecule has 0 aliphatic rings. The largest absolute Gasteiger partial charge is 0.508 e. The zero-order valence-corrected chi connectivity index (χ0v) is 11.2. The van der Waals surface area contributed by atoms with Crippen molar-refractivity contribution in [3.8, 4) is 11.8 Å². The van der Waals surface area contributed by atoms with Gasteiger partial charge in [-0.25, -0.2) is 9.18 Å². The molecule has 0 saturated carbocycles. The minimum atomic E-state index is -0.845. The van der Waals surface area contributed by atoms with Crippen molar-refractivity contribution in [1.82, 2.24) is 0 Å². The smallest absolute Gasteiger partial charge is 0.338 e. The van der Waals surface area contributed by atoms with E-state index in [9.17, 15) is 19.1 Å². The van der Waals surface area contributed by atoms with Gasteiger partial charge in [-0.3, -0.25) is 4.79 Å². The average molecular weight is 299 g/mol. The van der Waals surface area contributed by atoms with Crippen LogP contribution in [0, 0.1) is 17.1 Å². The van der Waals surface area contributed by atoms with Crippen molar-refractivity contribution in [2.45, 2.75) is 0 Å². The molecule has 2 aromatic carbocycles. The number of nitriles is 1. The Kier molecular flexibility index (Phi) is 4.49. The maximum Gasteiger partial charge on any atom is 0.338 e. The minimum Gasteiger partial charge on any atom is -0.508 e. The highest BCUT2D eigenvalue weighted by Crippen LogP contribution is 2.16. The molecule has 0 aromatic heterocycles. The van der Waals surface area contributed by atoms with E-state index in [1.54, 1.807) is 6.07 Å². The average Bonchev–Trinajstić information content (AvgIpc) is 2.52. The molecule has 0 unspecified atom stereocenters. The lowest BCUT2D eigenvalue weighted by molar-refractivity contribution is 0.0474. The van der Waals surface area contributed by atoms with E-state index < -0.39 is 24.2 Å². The number of halogens is 1. The molecule has 0 fully saturated rings. The fourth-order valence-corrected chi connectivity index (χ4v) is 1.73. The van der Waals surface area contributed by atoms with Crippen LogP contribution in [0.3, 0.4) is 0 Å². The number of Topliss-reactive ketones (excluding diaryl/α,β-unsaturated/α-hetero) is 1. The molecule has 0 bridgehead atoms. The number of rotatable bonds is 4. The SMILES string of the molecule is N#Cc1cc(O)cc(C(=O)OCC(=O)c2ccc(F)cc2)c1. The molecule has 0 spiro atoms. The van der Waals surface area contributed by atoms with Crippen molar-refractivity contribution in [3.05, 3.63) is 65.0 Å². The van der Waals surface area contributed by atoms with E-state index in [1.807, 2.05) is 0 Å². The number of hydrogen-bond donors (Lipinski definition) is 1. The van der Waals surface area contributed by atoms with E-state index in [-0.39, 0.29) is 22.4 Å². The van der Waals surface area contributed by atoms with Crippen LogP contribution in [0.1, 0.15) is 26.3 Å². The summed E-state index contributed by atoms with van der Waals surface area (Å²) in [6.07, 6.45) is 0. The van der Waals surface area contributed by atoms with Gasteiger partial charge < -0.3 is 9.84 Å². The molecule has 0 atom stereocenters. The Balaban J connectivity index is 2.04. The summed E-state index contributed by atoms with van der Waals surface area (Å²) in [5, 5.41) is 18.2. The van der Waals surface area contributed by atoms with E-state index >= 15 is 0 Å². The molecule has 6 heteroatoms. The van der Waals surface area contributed by atoms with Gasteiger partial charge in [0.25, 0.3) is 0 Å². The maximum atomic E-state index is 12.7. The monoisotopic (exact) mass is 299 g/mol. The van der Waals surface area contributed by atoms with Crippen LogP contribution < -0.4 is 0 Å². The molecule has 2 aromatic rings. The van der Waals surface area contributed by atoms with E-state index in [0.717, 1.165) is 18.2 Å². The number of phenols is 1. The minimum absolute atomic E-state index is 0.0385. The summed E-state index contributed by atoms with van der Waals surface area (Å²) in [5.41, 5.74) is 0.267. The van der Waals surface area contributed by atoms with Crippen LogP contribution in [0.25, 0.3) is 0 Å². The third-order valence-corrected chi connectivity index (χ3v) is 2.78. The van der Waals surface area contributed by atoms with Crippen LogP contribution in [0.2, 0.25) is 0 Å². The van der Waals surface area contributed by atoms with Gasteiger partial charge in [-0.05, 0) is 42.5 Å². The zero-order chi connectivity index (χ0) is 16.1. The van der Waals surface area contributed by atoms with Gasteiger partial charge in [0.1, 0.15) is 11.6 Å². The summed E-state index contributed by atoms with van der Waals surface area (Å²) in [5.74, 6) is -2.06. The second-order valence-electron chi connectivity index (χ2n) is 4.39. The molecule has 0 saturated heterocycles. The quantitative estimate of drug-likeness (QED) is 0.692. The highest BCUT2D eigenvalue weighted by molar-refractivity contribution is 5.99. The predicted octanol–water partition coefficient (Wildman–Crippen LogP) is 2.44. The van der Waals surface area contributed by atoms with Crippen molar-refractivity contribution in [1.29, 1.82) is 5.26 Å². The Hall–Kier alpha value is -3.20. The molecular formula is C16H10FNO4. The van der Waals surface area contributed by atoms with Crippen LogP contribution in [0.4, 0.5) is 4.39 Å². The summed E-state index contributed by atoms with van der Waals surface area (Å²) in [6, 6.07) is 10.2. The normalized spacial score (nSPS) is 9.82. The molecule has 2 rings (SSSR count). The van der Waals surface area contributed by atoms with E-state index in [2.05, 4.69) is 0 Å². The first kappa shape index (κ1) is 15.2. The van der Waals surface area contributed by atoms with E-state index in [4.69, 9.17) is 10.00 Å². The molecule has 0 aliphatic carbocycles. The maximum absolute atomic E-state index is 12.7. The second-order valence-corrected chi connectivity index (χ2v) is 4.39. The number of nitrogens with zero attached hydrogens (tertiary/aromatic N) is 1. The summed E-state index contributed by atoms with van der Waals surface area (Å²) in [4.78, 5) is 23.6. The van der Waals surface area contributed by atoms with E-state index in [0.29, 0.717) is 0 Å². The Morgan fingerprint density at radius 2 is 1.82 bits per heavy atom. The zero-order valence-electron chi connectivity index (χ0n) is 11.2. The Morgan fingerprint density at radius 1 is 1.14 bits per heavy atom. The van der Waals surface area contributed by atoms with Crippen LogP contribution in [0.5, 0.6) is 5.75 Å². The second kappa shape index (κ2) is 6.50. The molecule has 0 radical (unpaired) electrons. The van der Waals surface area contributed by atoms with Gasteiger partial charge in [0.15, 0.2) is 12.4 Å². The number of carbonyl (C=O) groups excluding carboxylic acids is 2. The standard InChI is InChI=1S/C16H10FNO4/c17-13-3-1-11(2-4-13)15(20)9-22-16(21)12-5-10(8-18)6-14(19)7-12/h1-7,19H,9H2. The summed E-state index contributed by atoms with van der Waals surface area (Å²) in [6.45, 7) is -0.526. The summed E-state index contributed by atoms with van der Waals surface area (Å²) >= 11 is 0. The van der Waals surface area contributed by atoms with Gasteiger partial charge in [-0.1, -0.05) is 0 Å². The highest BCUT2D eigenvalue weighted by atomic mass is 19.1. The van der Waals surface area contributed by atoms with Gasteiger partial charge in [-0.15, -0.1) is 0 Å². The van der Waals surface area contributed by atoms with Crippen molar-refractivity contribution in [3.63, 3.8) is 0 Å². The van der Waals surface area contributed by atoms with Crippen LogP contribution in [0.15, 0.2) is 42.5 Å². The first-order valence-electron chi connectivity index (χ1n) is 6.19. The number of phenolic OH excluding ortho intramolecular Hbond substituents is 1. The van der Waals surface area contributed by atoms with Gasteiger partial charge in [0.2, 0.25) is 0 Å². The third kappa shape index (κ3) is 3.67. The molecule has 5 nitrogen and oxygen atoms in total. The molecule has 110 valence electrons. The molecular weight excluding hydrogens is 289 g/mol. The van der Waals surface area contributed by atoms with Crippen LogP contribution in [-0.4, -0.2) is 23.5 Å². The summed E-state index contributed by atoms with van der Waals surface area (Å²) in [7, 11) is 0. The van der Waals surface area contributed by atoms with Gasteiger partial charge >= 0.3 is 5.97 Å². The number of ketones is 1. The summed E-state index contributed by atoms with van der Waals surface area (Å²) < 4.78 is 17.6. The number of esters is 1. The van der Waals surface area contributed by atoms with Crippen molar-refractivity contribution >= 4 is 11.8 Å². The van der Waals surface area contributed by atoms with Gasteiger partial charge in [-0.2, -0.15) is 5.26 Å². The van der Waals surface area contributed by atoms with Crippen molar-refractivity contribution in [2.24, 2.45) is 0 Å². The van der Waals surface area contributed by atoms with Crippen LogP contribution in [-0.2, 0) is 4.74 Å². The topological polar surface area (TPSA) is 87.4 Å². The molecule has 22 heavy (non-hydrogen) atoms. The van der Waals surface area contributed by atoms with Gasteiger partial charge in [0, 0.05) is 5.56 Å². The Bertz CT molecular complexity index is 763. The Labute approximate surface area is 125 Å².